The number of nitrogens with zero attached hydrogens (tertiary/aromatic N) is 1. The highest BCUT2D eigenvalue weighted by molar-refractivity contribution is 9.10. The number of hydrogen-bond acceptors (Lipinski definition) is 3. The molecule has 2 rings (SSSR count). The van der Waals surface area contributed by atoms with Crippen LogP contribution in [-0.2, 0) is 21.2 Å². The smallest absolute Gasteiger partial charge is 0.238 e. The molecule has 2 aromatic rings. The van der Waals surface area contributed by atoms with Gasteiger partial charge in [0.2, 0.25) is 15.9 Å². The highest BCUT2D eigenvalue weighted by Gasteiger charge is 2.18. The molecule has 1 atom stereocenters. The lowest BCUT2D eigenvalue weighted by molar-refractivity contribution is -0.131. The molecule has 0 aliphatic rings. The maximum atomic E-state index is 12.4. The molecule has 128 valence electrons. The molecule has 0 saturated heterocycles. The number of rotatable bonds is 5. The highest BCUT2D eigenvalue weighted by atomic mass is 79.9. The normalized spacial score (nSPS) is 12.7. The predicted molar refractivity (Wildman–Crippen MR) is 96.8 cm³/mol. The van der Waals surface area contributed by atoms with E-state index in [0.717, 1.165) is 15.6 Å². The van der Waals surface area contributed by atoms with Crippen molar-refractivity contribution < 1.29 is 13.2 Å². The van der Waals surface area contributed by atoms with Crippen LogP contribution in [0, 0.1) is 0 Å². The van der Waals surface area contributed by atoms with Gasteiger partial charge in [0, 0.05) is 11.5 Å². The van der Waals surface area contributed by atoms with E-state index in [-0.39, 0.29) is 16.8 Å². The molecule has 1 unspecified atom stereocenters. The number of carbonyl (C=O) groups is 1. The first-order valence-electron chi connectivity index (χ1n) is 7.31. The Morgan fingerprint density at radius 1 is 1.12 bits per heavy atom. The fourth-order valence-corrected chi connectivity index (χ4v) is 3.06. The van der Waals surface area contributed by atoms with Gasteiger partial charge in [0.1, 0.15) is 0 Å². The number of halogens is 1. The van der Waals surface area contributed by atoms with Crippen LogP contribution in [0.15, 0.2) is 57.9 Å². The Labute approximate surface area is 150 Å². The number of sulfonamides is 1. The fraction of sp³-hybridized carbons (Fsp3) is 0.235. The van der Waals surface area contributed by atoms with Gasteiger partial charge in [-0.05, 0) is 42.3 Å². The summed E-state index contributed by atoms with van der Waals surface area (Å²) in [6.07, 6.45) is 0.309. The standard InChI is InChI=1S/C17H19BrN2O3S/c1-12(14-5-9-16(10-6-14)24(19,22)23)20(2)17(21)11-13-3-7-15(18)8-4-13/h3-10,12H,11H2,1-2H3,(H2,19,22,23). The summed E-state index contributed by atoms with van der Waals surface area (Å²) >= 11 is 3.37. The van der Waals surface area contributed by atoms with Crippen molar-refractivity contribution in [2.24, 2.45) is 5.14 Å². The summed E-state index contributed by atoms with van der Waals surface area (Å²) in [6, 6.07) is 13.7. The molecule has 7 heteroatoms. The third kappa shape index (κ3) is 4.66. The molecule has 1 amide bonds. The largest absolute Gasteiger partial charge is 0.339 e. The van der Waals surface area contributed by atoms with Gasteiger partial charge in [-0.2, -0.15) is 0 Å². The van der Waals surface area contributed by atoms with Crippen molar-refractivity contribution in [3.63, 3.8) is 0 Å². The Kier molecular flexibility index (Phi) is 5.79. The molecule has 2 aromatic carbocycles. The number of carbonyl (C=O) groups excluding carboxylic acids is 1. The second kappa shape index (κ2) is 7.46. The first-order valence-corrected chi connectivity index (χ1v) is 9.65. The maximum Gasteiger partial charge on any atom is 0.238 e. The molecule has 5 nitrogen and oxygen atoms in total. The first-order chi connectivity index (χ1) is 11.2. The lowest BCUT2D eigenvalue weighted by Gasteiger charge is -2.25. The number of nitrogens with two attached hydrogens (primary N) is 1. The van der Waals surface area contributed by atoms with E-state index in [1.807, 2.05) is 31.2 Å². The van der Waals surface area contributed by atoms with Crippen LogP contribution in [0.1, 0.15) is 24.1 Å². The van der Waals surface area contributed by atoms with Gasteiger partial charge in [-0.15, -0.1) is 0 Å². The van der Waals surface area contributed by atoms with Crippen LogP contribution in [0.25, 0.3) is 0 Å². The summed E-state index contributed by atoms with van der Waals surface area (Å²) in [7, 11) is -1.97. The Balaban J connectivity index is 2.09. The Bertz CT molecular complexity index is 818. The fourth-order valence-electron chi connectivity index (χ4n) is 2.28. The van der Waals surface area contributed by atoms with Crippen molar-refractivity contribution in [3.8, 4) is 0 Å². The molecule has 24 heavy (non-hydrogen) atoms. The van der Waals surface area contributed by atoms with E-state index >= 15 is 0 Å². The van der Waals surface area contributed by atoms with E-state index in [1.165, 1.54) is 12.1 Å². The number of hydrogen-bond donors (Lipinski definition) is 1. The van der Waals surface area contributed by atoms with Crippen LogP contribution in [-0.4, -0.2) is 26.3 Å². The van der Waals surface area contributed by atoms with Crippen molar-refractivity contribution in [2.45, 2.75) is 24.3 Å². The molecular weight excluding hydrogens is 392 g/mol. The zero-order chi connectivity index (χ0) is 17.9. The van der Waals surface area contributed by atoms with Gasteiger partial charge in [0.25, 0.3) is 0 Å². The van der Waals surface area contributed by atoms with Crippen molar-refractivity contribution in [2.75, 3.05) is 7.05 Å². The molecular formula is C17H19BrN2O3S. The van der Waals surface area contributed by atoms with E-state index in [9.17, 15) is 13.2 Å². The zero-order valence-electron chi connectivity index (χ0n) is 13.4. The molecule has 0 bridgehead atoms. The summed E-state index contributed by atoms with van der Waals surface area (Å²) in [4.78, 5) is 14.1. The summed E-state index contributed by atoms with van der Waals surface area (Å²) in [5, 5.41) is 5.09. The average Bonchev–Trinajstić information content (AvgIpc) is 2.55. The van der Waals surface area contributed by atoms with Crippen LogP contribution in [0.2, 0.25) is 0 Å². The summed E-state index contributed by atoms with van der Waals surface area (Å²) in [5.41, 5.74) is 1.78. The van der Waals surface area contributed by atoms with Crippen LogP contribution >= 0.6 is 15.9 Å². The Morgan fingerprint density at radius 3 is 2.17 bits per heavy atom. The minimum absolute atomic E-state index is 0.0136. The summed E-state index contributed by atoms with van der Waals surface area (Å²) < 4.78 is 23.6. The number of likely N-dealkylation sites (N-methyl/N-ethyl adjacent to an activating group) is 1. The minimum atomic E-state index is -3.71. The number of benzene rings is 2. The molecule has 0 aliphatic carbocycles. The molecule has 0 fully saturated rings. The van der Waals surface area contributed by atoms with Crippen LogP contribution in [0.5, 0.6) is 0 Å². The third-order valence-corrected chi connectivity index (χ3v) is 5.39. The summed E-state index contributed by atoms with van der Waals surface area (Å²) in [5.74, 6) is -0.0136. The van der Waals surface area contributed by atoms with Gasteiger partial charge in [-0.25, -0.2) is 13.6 Å². The topological polar surface area (TPSA) is 80.5 Å². The molecule has 0 radical (unpaired) electrons. The SMILES string of the molecule is CC(c1ccc(S(N)(=O)=O)cc1)N(C)C(=O)Cc1ccc(Br)cc1. The average molecular weight is 411 g/mol. The van der Waals surface area contributed by atoms with Gasteiger partial charge < -0.3 is 4.90 Å². The molecule has 0 saturated carbocycles. The monoisotopic (exact) mass is 410 g/mol. The molecule has 2 N–H and O–H groups in total. The van der Waals surface area contributed by atoms with Crippen molar-refractivity contribution in [3.05, 3.63) is 64.1 Å². The van der Waals surface area contributed by atoms with Crippen LogP contribution < -0.4 is 5.14 Å². The third-order valence-electron chi connectivity index (χ3n) is 3.93. The molecule has 0 aromatic heterocycles. The Morgan fingerprint density at radius 2 is 1.67 bits per heavy atom. The summed E-state index contributed by atoms with van der Waals surface area (Å²) in [6.45, 7) is 1.89. The van der Waals surface area contributed by atoms with E-state index in [1.54, 1.807) is 24.1 Å². The molecule has 0 spiro atoms. The van der Waals surface area contributed by atoms with E-state index in [0.29, 0.717) is 6.42 Å². The molecule has 0 heterocycles. The Hall–Kier alpha value is -1.70. The van der Waals surface area contributed by atoms with Crippen LogP contribution in [0.4, 0.5) is 0 Å². The number of primary sulfonamides is 1. The highest BCUT2D eigenvalue weighted by Crippen LogP contribution is 2.21. The zero-order valence-corrected chi connectivity index (χ0v) is 15.8. The van der Waals surface area contributed by atoms with Crippen molar-refractivity contribution >= 4 is 31.9 Å². The second-order valence-electron chi connectivity index (χ2n) is 5.60. The van der Waals surface area contributed by atoms with Gasteiger partial charge >= 0.3 is 0 Å². The van der Waals surface area contributed by atoms with Gasteiger partial charge in [0.05, 0.1) is 17.4 Å². The minimum Gasteiger partial charge on any atom is -0.339 e. The van der Waals surface area contributed by atoms with Gasteiger partial charge in [0.15, 0.2) is 0 Å². The second-order valence-corrected chi connectivity index (χ2v) is 8.08. The van der Waals surface area contributed by atoms with Gasteiger partial charge in [-0.1, -0.05) is 40.2 Å². The lowest BCUT2D eigenvalue weighted by Crippen LogP contribution is -2.31. The number of amides is 1. The van der Waals surface area contributed by atoms with E-state index in [4.69, 9.17) is 5.14 Å². The predicted octanol–water partition coefficient (Wildman–Crippen LogP) is 2.86. The molecule has 0 aliphatic heterocycles. The lowest BCUT2D eigenvalue weighted by atomic mass is 10.1. The van der Waals surface area contributed by atoms with E-state index in [2.05, 4.69) is 15.9 Å². The first kappa shape index (κ1) is 18.6. The maximum absolute atomic E-state index is 12.4. The van der Waals surface area contributed by atoms with E-state index < -0.39 is 10.0 Å². The van der Waals surface area contributed by atoms with Crippen molar-refractivity contribution in [1.82, 2.24) is 4.90 Å². The van der Waals surface area contributed by atoms with Crippen LogP contribution in [0.3, 0.4) is 0 Å². The van der Waals surface area contributed by atoms with Crippen molar-refractivity contribution in [1.29, 1.82) is 0 Å². The quantitative estimate of drug-likeness (QED) is 0.822. The van der Waals surface area contributed by atoms with Gasteiger partial charge in [-0.3, -0.25) is 4.79 Å².